The number of para-hydroxylation sites is 1. The van der Waals surface area contributed by atoms with Gasteiger partial charge < -0.3 is 5.73 Å². The van der Waals surface area contributed by atoms with Gasteiger partial charge in [-0.3, -0.25) is 19.1 Å². The molecule has 0 fully saturated rings. The van der Waals surface area contributed by atoms with E-state index in [9.17, 15) is 36.5 Å². The third-order valence-corrected chi connectivity index (χ3v) is 5.14. The first-order valence-corrected chi connectivity index (χ1v) is 9.47. The number of benzene rings is 2. The first-order valence-electron chi connectivity index (χ1n) is 8.06. The minimum absolute atomic E-state index is 0.0930. The van der Waals surface area contributed by atoms with Gasteiger partial charge in [0.1, 0.15) is 4.90 Å². The number of halogens is 3. The Labute approximate surface area is 163 Å². The quantitative estimate of drug-likeness (QED) is 0.295. The fraction of sp³-hybridized carbons (Fsp3) is 0.235. The van der Waals surface area contributed by atoms with Crippen LogP contribution in [0.25, 0.3) is 11.1 Å². The molecule has 0 bridgehead atoms. The lowest BCUT2D eigenvalue weighted by atomic mass is 10.0. The van der Waals surface area contributed by atoms with Gasteiger partial charge in [0.05, 0.1) is 22.7 Å². The Bertz CT molecular complexity index is 1040. The first kappa shape index (κ1) is 22.3. The molecule has 2 aromatic carbocycles. The number of carbonyl (C=O) groups is 1. The number of nitro benzene ring substituents is 1. The standard InChI is InChI=1S/C17H15F3N2O6S/c18-17(19,20)13-10-11(12-4-1-2-5-14(12)22(24)25)7-8-15(13)29(26,27)28-9-3-6-16(21)23/h1-2,4-5,7-8,10H,3,6,9H2,(H2,21,23). The molecular weight excluding hydrogens is 417 g/mol. The SMILES string of the molecule is NC(=O)CCCOS(=O)(=O)c1ccc(-c2ccccc2[N+](=O)[O-])cc1C(F)(F)F. The summed E-state index contributed by atoms with van der Waals surface area (Å²) in [7, 11) is -4.80. The van der Waals surface area contributed by atoms with Crippen molar-refractivity contribution < 1.29 is 35.5 Å². The summed E-state index contributed by atoms with van der Waals surface area (Å²) in [6.07, 6.45) is -5.36. The monoisotopic (exact) mass is 432 g/mol. The van der Waals surface area contributed by atoms with Gasteiger partial charge >= 0.3 is 6.18 Å². The van der Waals surface area contributed by atoms with E-state index in [4.69, 9.17) is 5.73 Å². The number of alkyl halides is 3. The van der Waals surface area contributed by atoms with Gasteiger partial charge in [-0.2, -0.15) is 21.6 Å². The molecule has 0 radical (unpaired) electrons. The highest BCUT2D eigenvalue weighted by Crippen LogP contribution is 2.39. The third-order valence-electron chi connectivity index (χ3n) is 3.77. The zero-order valence-electron chi connectivity index (χ0n) is 14.7. The molecule has 0 spiro atoms. The molecule has 0 unspecified atom stereocenters. The van der Waals surface area contributed by atoms with Crippen molar-refractivity contribution in [2.24, 2.45) is 5.73 Å². The van der Waals surface area contributed by atoms with E-state index < -0.39 is 49.9 Å². The summed E-state index contributed by atoms with van der Waals surface area (Å²) >= 11 is 0. The normalized spacial score (nSPS) is 12.0. The molecule has 0 atom stereocenters. The minimum Gasteiger partial charge on any atom is -0.370 e. The summed E-state index contributed by atoms with van der Waals surface area (Å²) in [5.74, 6) is -0.712. The Morgan fingerprint density at radius 1 is 1.17 bits per heavy atom. The van der Waals surface area contributed by atoms with Crippen LogP contribution in [0.4, 0.5) is 18.9 Å². The number of carbonyl (C=O) groups excluding carboxylic acids is 1. The molecule has 1 amide bonds. The predicted molar refractivity (Wildman–Crippen MR) is 95.1 cm³/mol. The maximum atomic E-state index is 13.5. The fourth-order valence-corrected chi connectivity index (χ4v) is 3.64. The smallest absolute Gasteiger partial charge is 0.370 e. The molecule has 0 heterocycles. The van der Waals surface area contributed by atoms with Crippen molar-refractivity contribution in [1.29, 1.82) is 0 Å². The van der Waals surface area contributed by atoms with E-state index in [2.05, 4.69) is 4.18 Å². The molecule has 0 aliphatic rings. The van der Waals surface area contributed by atoms with Gasteiger partial charge in [-0.15, -0.1) is 0 Å². The van der Waals surface area contributed by atoms with Crippen molar-refractivity contribution in [1.82, 2.24) is 0 Å². The molecule has 29 heavy (non-hydrogen) atoms. The average molecular weight is 432 g/mol. The number of rotatable bonds is 8. The van der Waals surface area contributed by atoms with Gasteiger partial charge in [-0.1, -0.05) is 18.2 Å². The Kier molecular flexibility index (Phi) is 6.59. The van der Waals surface area contributed by atoms with E-state index in [1.54, 1.807) is 0 Å². The summed E-state index contributed by atoms with van der Waals surface area (Å²) in [6, 6.07) is 7.35. The van der Waals surface area contributed by atoms with Crippen LogP contribution in [0.5, 0.6) is 0 Å². The number of hydrogen-bond donors (Lipinski definition) is 1. The minimum atomic E-state index is -5.07. The predicted octanol–water partition coefficient (Wildman–Crippen LogP) is 3.25. The van der Waals surface area contributed by atoms with E-state index in [0.717, 1.165) is 12.1 Å². The van der Waals surface area contributed by atoms with Crippen molar-refractivity contribution in [2.45, 2.75) is 23.9 Å². The van der Waals surface area contributed by atoms with Crippen LogP contribution in [0, 0.1) is 10.1 Å². The van der Waals surface area contributed by atoms with Gasteiger partial charge in [-0.05, 0) is 30.2 Å². The second-order valence-electron chi connectivity index (χ2n) is 5.83. The largest absolute Gasteiger partial charge is 0.417 e. The van der Waals surface area contributed by atoms with E-state index in [1.165, 1.54) is 18.2 Å². The lowest BCUT2D eigenvalue weighted by molar-refractivity contribution is -0.384. The molecule has 0 aliphatic heterocycles. The third kappa shape index (κ3) is 5.51. The molecular formula is C17H15F3N2O6S. The van der Waals surface area contributed by atoms with Crippen LogP contribution >= 0.6 is 0 Å². The van der Waals surface area contributed by atoms with E-state index >= 15 is 0 Å². The van der Waals surface area contributed by atoms with Crippen LogP contribution < -0.4 is 5.73 Å². The van der Waals surface area contributed by atoms with E-state index in [0.29, 0.717) is 12.1 Å². The number of primary amides is 1. The molecule has 2 N–H and O–H groups in total. The van der Waals surface area contributed by atoms with Crippen LogP contribution in [0.3, 0.4) is 0 Å². The highest BCUT2D eigenvalue weighted by Gasteiger charge is 2.38. The Hall–Kier alpha value is -2.99. The van der Waals surface area contributed by atoms with Gasteiger partial charge in [0.15, 0.2) is 0 Å². The van der Waals surface area contributed by atoms with Crippen LogP contribution in [-0.2, 0) is 25.3 Å². The molecule has 0 saturated heterocycles. The molecule has 2 rings (SSSR count). The van der Waals surface area contributed by atoms with Crippen molar-refractivity contribution in [3.05, 3.63) is 58.1 Å². The molecule has 12 heteroatoms. The Balaban J connectivity index is 2.49. The number of hydrogen-bond acceptors (Lipinski definition) is 6. The number of nitrogens with zero attached hydrogens (tertiary/aromatic N) is 1. The topological polar surface area (TPSA) is 130 Å². The highest BCUT2D eigenvalue weighted by molar-refractivity contribution is 7.86. The lowest BCUT2D eigenvalue weighted by Crippen LogP contribution is -2.17. The van der Waals surface area contributed by atoms with Crippen LogP contribution in [0.15, 0.2) is 47.4 Å². The summed E-state index contributed by atoms with van der Waals surface area (Å²) in [5, 5.41) is 11.1. The molecule has 0 aliphatic carbocycles. The van der Waals surface area contributed by atoms with E-state index in [-0.39, 0.29) is 24.0 Å². The fourth-order valence-electron chi connectivity index (χ4n) is 2.49. The maximum Gasteiger partial charge on any atom is 0.417 e. The molecule has 2 aromatic rings. The van der Waals surface area contributed by atoms with Gasteiger partial charge in [0.2, 0.25) is 5.91 Å². The van der Waals surface area contributed by atoms with E-state index in [1.807, 2.05) is 0 Å². The second kappa shape index (κ2) is 8.57. The summed E-state index contributed by atoms with van der Waals surface area (Å²) in [4.78, 5) is 19.9. The molecule has 8 nitrogen and oxygen atoms in total. The van der Waals surface area contributed by atoms with Crippen LogP contribution in [0.2, 0.25) is 0 Å². The van der Waals surface area contributed by atoms with Crippen LogP contribution in [0.1, 0.15) is 18.4 Å². The van der Waals surface area contributed by atoms with Crippen molar-refractivity contribution in [3.8, 4) is 11.1 Å². The van der Waals surface area contributed by atoms with Crippen molar-refractivity contribution in [3.63, 3.8) is 0 Å². The number of nitro groups is 1. The van der Waals surface area contributed by atoms with Gasteiger partial charge in [0, 0.05) is 12.5 Å². The molecule has 156 valence electrons. The number of nitrogens with two attached hydrogens (primary N) is 1. The second-order valence-corrected chi connectivity index (χ2v) is 7.41. The first-order chi connectivity index (χ1) is 13.4. The summed E-state index contributed by atoms with van der Waals surface area (Å²) < 4.78 is 69.5. The van der Waals surface area contributed by atoms with Crippen LogP contribution in [-0.4, -0.2) is 25.9 Å². The Morgan fingerprint density at radius 3 is 2.41 bits per heavy atom. The summed E-state index contributed by atoms with van der Waals surface area (Å²) in [5.41, 5.74) is 2.66. The lowest BCUT2D eigenvalue weighted by Gasteiger charge is -2.15. The average Bonchev–Trinajstić information content (AvgIpc) is 2.64. The van der Waals surface area contributed by atoms with Gasteiger partial charge in [0.25, 0.3) is 15.8 Å². The zero-order valence-corrected chi connectivity index (χ0v) is 15.5. The highest BCUT2D eigenvalue weighted by atomic mass is 32.2. The molecule has 0 aromatic heterocycles. The van der Waals surface area contributed by atoms with Crippen molar-refractivity contribution in [2.75, 3.05) is 6.61 Å². The Morgan fingerprint density at radius 2 is 1.83 bits per heavy atom. The maximum absolute atomic E-state index is 13.5. The molecule has 0 saturated carbocycles. The van der Waals surface area contributed by atoms with Gasteiger partial charge in [-0.25, -0.2) is 0 Å². The zero-order chi connectivity index (χ0) is 21.8. The van der Waals surface area contributed by atoms with Crippen molar-refractivity contribution >= 4 is 21.7 Å². The number of amides is 1. The summed E-state index contributed by atoms with van der Waals surface area (Å²) in [6.45, 7) is -0.533.